The second-order valence-electron chi connectivity index (χ2n) is 4.23. The fourth-order valence-corrected chi connectivity index (χ4v) is 1.01. The van der Waals surface area contributed by atoms with E-state index in [1.807, 2.05) is 0 Å². The highest BCUT2D eigenvalue weighted by molar-refractivity contribution is 5.84. The molecule has 0 spiro atoms. The van der Waals surface area contributed by atoms with Gasteiger partial charge in [-0.1, -0.05) is 6.07 Å². The first-order valence-corrected chi connectivity index (χ1v) is 4.73. The van der Waals surface area contributed by atoms with Gasteiger partial charge < -0.3 is 4.74 Å². The zero-order valence-corrected chi connectivity index (χ0v) is 9.30. The molecule has 0 fully saturated rings. The van der Waals surface area contributed by atoms with Crippen molar-refractivity contribution in [2.24, 2.45) is 0 Å². The van der Waals surface area contributed by atoms with Gasteiger partial charge in [-0.3, -0.25) is 5.32 Å². The zero-order valence-electron chi connectivity index (χ0n) is 9.30. The summed E-state index contributed by atoms with van der Waals surface area (Å²) in [5, 5.41) is 2.13. The van der Waals surface area contributed by atoms with Crippen molar-refractivity contribution in [3.8, 4) is 0 Å². The van der Waals surface area contributed by atoms with E-state index in [0.717, 1.165) is 6.07 Å². The second-order valence-corrected chi connectivity index (χ2v) is 4.23. The van der Waals surface area contributed by atoms with Crippen LogP contribution in [0.3, 0.4) is 0 Å². The van der Waals surface area contributed by atoms with Crippen LogP contribution in [0.15, 0.2) is 18.2 Å². The van der Waals surface area contributed by atoms with Crippen LogP contribution < -0.4 is 5.32 Å². The van der Waals surface area contributed by atoms with Crippen molar-refractivity contribution in [1.29, 1.82) is 0 Å². The molecule has 3 nitrogen and oxygen atoms in total. The van der Waals surface area contributed by atoms with Crippen LogP contribution in [0.25, 0.3) is 0 Å². The third-order valence-corrected chi connectivity index (χ3v) is 1.59. The van der Waals surface area contributed by atoms with Crippen molar-refractivity contribution in [3.05, 3.63) is 29.8 Å². The monoisotopic (exact) mass is 229 g/mol. The molecule has 0 saturated heterocycles. The van der Waals surface area contributed by atoms with Gasteiger partial charge in [-0.15, -0.1) is 0 Å². The first kappa shape index (κ1) is 12.4. The lowest BCUT2D eigenvalue weighted by Gasteiger charge is -2.19. The molecule has 0 heterocycles. The van der Waals surface area contributed by atoms with E-state index in [4.69, 9.17) is 4.74 Å². The molecule has 1 amide bonds. The van der Waals surface area contributed by atoms with Crippen LogP contribution in [0.5, 0.6) is 0 Å². The van der Waals surface area contributed by atoms with Crippen LogP contribution in [0.2, 0.25) is 0 Å². The van der Waals surface area contributed by atoms with E-state index < -0.39 is 23.3 Å². The largest absolute Gasteiger partial charge is 0.444 e. The van der Waals surface area contributed by atoms with Gasteiger partial charge >= 0.3 is 6.09 Å². The summed E-state index contributed by atoms with van der Waals surface area (Å²) in [5.41, 5.74) is -0.928. The van der Waals surface area contributed by atoms with Crippen LogP contribution in [0.1, 0.15) is 20.8 Å². The predicted octanol–water partition coefficient (Wildman–Crippen LogP) is 3.31. The smallest absolute Gasteiger partial charge is 0.412 e. The molecule has 0 aliphatic carbocycles. The van der Waals surface area contributed by atoms with Crippen LogP contribution in [0.4, 0.5) is 19.3 Å². The summed E-state index contributed by atoms with van der Waals surface area (Å²) in [5.74, 6) is -2.12. The molecule has 88 valence electrons. The topological polar surface area (TPSA) is 38.3 Å². The number of hydrogen-bond donors (Lipinski definition) is 1. The number of amides is 1. The zero-order chi connectivity index (χ0) is 12.3. The third kappa shape index (κ3) is 3.49. The van der Waals surface area contributed by atoms with Crippen LogP contribution in [0, 0.1) is 11.6 Å². The lowest BCUT2D eigenvalue weighted by atomic mass is 10.2. The molecule has 0 saturated carbocycles. The number of carbonyl (C=O) groups excluding carboxylic acids is 1. The molecule has 0 bridgehead atoms. The molecule has 0 aliphatic rings. The minimum Gasteiger partial charge on any atom is -0.444 e. The van der Waals surface area contributed by atoms with E-state index >= 15 is 0 Å². The molecule has 0 atom stereocenters. The van der Waals surface area contributed by atoms with Crippen molar-refractivity contribution in [2.45, 2.75) is 26.4 Å². The number of ether oxygens (including phenoxy) is 1. The van der Waals surface area contributed by atoms with Crippen molar-refractivity contribution in [3.63, 3.8) is 0 Å². The molecule has 1 rings (SSSR count). The van der Waals surface area contributed by atoms with Gasteiger partial charge in [0.2, 0.25) is 0 Å². The number of hydrogen-bond acceptors (Lipinski definition) is 2. The molecule has 0 aliphatic heterocycles. The van der Waals surface area contributed by atoms with E-state index in [1.165, 1.54) is 12.1 Å². The van der Waals surface area contributed by atoms with Crippen molar-refractivity contribution < 1.29 is 18.3 Å². The summed E-state index contributed by atoms with van der Waals surface area (Å²) < 4.78 is 30.8. The maximum Gasteiger partial charge on any atom is 0.412 e. The van der Waals surface area contributed by atoms with E-state index in [1.54, 1.807) is 20.8 Å². The summed E-state index contributed by atoms with van der Waals surface area (Å²) in [6, 6.07) is 3.52. The van der Waals surface area contributed by atoms with Gasteiger partial charge in [0.1, 0.15) is 5.60 Å². The van der Waals surface area contributed by atoms with E-state index in [2.05, 4.69) is 5.32 Å². The average molecular weight is 229 g/mol. The molecule has 0 radical (unpaired) electrons. The van der Waals surface area contributed by atoms with Crippen molar-refractivity contribution >= 4 is 11.8 Å². The second kappa shape index (κ2) is 4.47. The Morgan fingerprint density at radius 3 is 2.50 bits per heavy atom. The van der Waals surface area contributed by atoms with Gasteiger partial charge in [0.25, 0.3) is 0 Å². The Kier molecular flexibility index (Phi) is 3.47. The third-order valence-electron chi connectivity index (χ3n) is 1.59. The van der Waals surface area contributed by atoms with E-state index in [0.29, 0.717) is 0 Å². The number of benzene rings is 1. The van der Waals surface area contributed by atoms with Crippen molar-refractivity contribution in [1.82, 2.24) is 0 Å². The molecule has 0 aromatic heterocycles. The SMILES string of the molecule is CC(C)(C)OC(=O)Nc1cccc(F)c1F. The quantitative estimate of drug-likeness (QED) is 0.802. The Bertz CT molecular complexity index is 399. The Labute approximate surface area is 92.4 Å². The summed E-state index contributed by atoms with van der Waals surface area (Å²) in [4.78, 5) is 11.3. The normalized spacial score (nSPS) is 11.1. The Hall–Kier alpha value is -1.65. The molecular formula is C11H13F2NO2. The fourth-order valence-electron chi connectivity index (χ4n) is 1.01. The average Bonchev–Trinajstić information content (AvgIpc) is 2.09. The standard InChI is InChI=1S/C11H13F2NO2/c1-11(2,3)16-10(15)14-8-6-4-5-7(12)9(8)13/h4-6H,1-3H3,(H,14,15). The van der Waals surface area contributed by atoms with Crippen LogP contribution in [-0.4, -0.2) is 11.7 Å². The van der Waals surface area contributed by atoms with Gasteiger partial charge in [0.15, 0.2) is 11.6 Å². The molecule has 1 aromatic carbocycles. The first-order valence-electron chi connectivity index (χ1n) is 4.73. The van der Waals surface area contributed by atoms with Gasteiger partial charge in [-0.05, 0) is 32.9 Å². The highest BCUT2D eigenvalue weighted by Gasteiger charge is 2.18. The Morgan fingerprint density at radius 1 is 1.31 bits per heavy atom. The molecule has 0 unspecified atom stereocenters. The minimum atomic E-state index is -1.10. The number of halogens is 2. The van der Waals surface area contributed by atoms with Gasteiger partial charge in [0.05, 0.1) is 5.69 Å². The molecular weight excluding hydrogens is 216 g/mol. The maximum atomic E-state index is 13.1. The first-order chi connectivity index (χ1) is 7.29. The number of rotatable bonds is 1. The minimum absolute atomic E-state index is 0.241. The summed E-state index contributed by atoms with van der Waals surface area (Å²) >= 11 is 0. The number of nitrogens with one attached hydrogen (secondary N) is 1. The van der Waals surface area contributed by atoms with Crippen LogP contribution in [-0.2, 0) is 4.74 Å². The Morgan fingerprint density at radius 2 is 1.94 bits per heavy atom. The lowest BCUT2D eigenvalue weighted by Crippen LogP contribution is -2.27. The van der Waals surface area contributed by atoms with Gasteiger partial charge in [-0.2, -0.15) is 0 Å². The highest BCUT2D eigenvalue weighted by atomic mass is 19.2. The highest BCUT2D eigenvalue weighted by Crippen LogP contribution is 2.17. The maximum absolute atomic E-state index is 13.1. The number of anilines is 1. The summed E-state index contributed by atoms with van der Waals surface area (Å²) in [7, 11) is 0. The Balaban J connectivity index is 2.74. The molecule has 16 heavy (non-hydrogen) atoms. The van der Waals surface area contributed by atoms with Gasteiger partial charge in [-0.25, -0.2) is 13.6 Å². The van der Waals surface area contributed by atoms with Crippen LogP contribution >= 0.6 is 0 Å². The lowest BCUT2D eigenvalue weighted by molar-refractivity contribution is 0.0635. The number of carbonyl (C=O) groups is 1. The van der Waals surface area contributed by atoms with Gasteiger partial charge in [0, 0.05) is 0 Å². The van der Waals surface area contributed by atoms with Crippen molar-refractivity contribution in [2.75, 3.05) is 5.32 Å². The molecule has 5 heteroatoms. The fraction of sp³-hybridized carbons (Fsp3) is 0.364. The molecule has 1 aromatic rings. The van der Waals surface area contributed by atoms with E-state index in [-0.39, 0.29) is 5.69 Å². The predicted molar refractivity (Wildman–Crippen MR) is 56.2 cm³/mol. The summed E-state index contributed by atoms with van der Waals surface area (Å²) in [6.07, 6.45) is -0.822. The summed E-state index contributed by atoms with van der Waals surface area (Å²) in [6.45, 7) is 5.03. The molecule has 1 N–H and O–H groups in total. The van der Waals surface area contributed by atoms with E-state index in [9.17, 15) is 13.6 Å².